The third-order valence-corrected chi connectivity index (χ3v) is 4.64. The Morgan fingerprint density at radius 3 is 2.81 bits per heavy atom. The van der Waals surface area contributed by atoms with Gasteiger partial charge in [0.1, 0.15) is 5.82 Å². The first-order valence-electron chi connectivity index (χ1n) is 7.87. The lowest BCUT2D eigenvalue weighted by molar-refractivity contribution is 0.0891. The highest BCUT2D eigenvalue weighted by atomic mass is 19.1. The van der Waals surface area contributed by atoms with Crippen LogP contribution in [0, 0.1) is 17.7 Å². The molecule has 1 saturated carbocycles. The molecule has 3 unspecified atom stereocenters. The van der Waals surface area contributed by atoms with Gasteiger partial charge in [-0.1, -0.05) is 32.8 Å². The number of halogens is 1. The van der Waals surface area contributed by atoms with Crippen molar-refractivity contribution < 1.29 is 9.18 Å². The van der Waals surface area contributed by atoms with Crippen LogP contribution in [0.2, 0.25) is 0 Å². The summed E-state index contributed by atoms with van der Waals surface area (Å²) in [5, 5.41) is 6.04. The number of benzene rings is 1. The van der Waals surface area contributed by atoms with Crippen molar-refractivity contribution in [3.05, 3.63) is 29.6 Å². The summed E-state index contributed by atoms with van der Waals surface area (Å²) in [5.74, 6) is 0.509. The lowest BCUT2D eigenvalue weighted by Gasteiger charge is -2.34. The van der Waals surface area contributed by atoms with E-state index in [9.17, 15) is 9.18 Å². The van der Waals surface area contributed by atoms with Crippen LogP contribution in [0.1, 0.15) is 50.4 Å². The van der Waals surface area contributed by atoms with Gasteiger partial charge in [0.25, 0.3) is 5.91 Å². The monoisotopic (exact) mass is 292 g/mol. The maximum atomic E-state index is 13.9. The van der Waals surface area contributed by atoms with Gasteiger partial charge in [0.05, 0.1) is 11.3 Å². The molecule has 1 aromatic rings. The van der Waals surface area contributed by atoms with Gasteiger partial charge in [-0.15, -0.1) is 0 Å². The molecule has 0 aromatic heterocycles. The smallest absolute Gasteiger partial charge is 0.253 e. The molecule has 1 aromatic carbocycles. The molecule has 0 radical (unpaired) electrons. The summed E-state index contributed by atoms with van der Waals surface area (Å²) in [7, 11) is 0. The molecule has 1 amide bonds. The van der Waals surface area contributed by atoms with Crippen molar-refractivity contribution in [3.8, 4) is 0 Å². The molecule has 1 fully saturated rings. The Labute approximate surface area is 126 Å². The van der Waals surface area contributed by atoms with E-state index in [1.165, 1.54) is 12.5 Å². The number of hydrogen-bond donors (Lipinski definition) is 2. The molecule has 116 valence electrons. The maximum Gasteiger partial charge on any atom is 0.253 e. The number of carbonyl (C=O) groups excluding carboxylic acids is 1. The minimum atomic E-state index is -0.380. The van der Waals surface area contributed by atoms with Gasteiger partial charge < -0.3 is 10.6 Å². The van der Waals surface area contributed by atoms with Gasteiger partial charge in [0.2, 0.25) is 0 Å². The second kappa shape index (κ2) is 6.92. The molecular weight excluding hydrogens is 267 g/mol. The topological polar surface area (TPSA) is 41.1 Å². The van der Waals surface area contributed by atoms with E-state index in [2.05, 4.69) is 24.5 Å². The van der Waals surface area contributed by atoms with Crippen molar-refractivity contribution in [2.45, 2.75) is 46.1 Å². The van der Waals surface area contributed by atoms with E-state index in [1.807, 2.05) is 6.92 Å². The normalized spacial score (nSPS) is 25.4. The molecule has 3 nitrogen and oxygen atoms in total. The maximum absolute atomic E-state index is 13.9. The SMILES string of the molecule is CCNc1c(F)cccc1C(=O)NC1CCCC(C)C1C. The first-order chi connectivity index (χ1) is 10.0. The van der Waals surface area contributed by atoms with Gasteiger partial charge in [-0.25, -0.2) is 4.39 Å². The highest BCUT2D eigenvalue weighted by molar-refractivity contribution is 5.99. The predicted molar refractivity (Wildman–Crippen MR) is 84.0 cm³/mol. The fourth-order valence-corrected chi connectivity index (χ4v) is 3.10. The predicted octanol–water partition coefficient (Wildman–Crippen LogP) is 3.81. The van der Waals surface area contributed by atoms with Crippen LogP contribution in [0.25, 0.3) is 0 Å². The number of amides is 1. The minimum Gasteiger partial charge on any atom is -0.382 e. The van der Waals surface area contributed by atoms with E-state index in [4.69, 9.17) is 0 Å². The van der Waals surface area contributed by atoms with Crippen LogP contribution >= 0.6 is 0 Å². The minimum absolute atomic E-state index is 0.180. The van der Waals surface area contributed by atoms with Crippen molar-refractivity contribution in [3.63, 3.8) is 0 Å². The number of anilines is 1. The van der Waals surface area contributed by atoms with Crippen LogP contribution in [0.4, 0.5) is 10.1 Å². The van der Waals surface area contributed by atoms with Crippen LogP contribution < -0.4 is 10.6 Å². The Bertz CT molecular complexity index is 504. The molecular formula is C17H25FN2O. The van der Waals surface area contributed by atoms with Crippen LogP contribution in [0.3, 0.4) is 0 Å². The van der Waals surface area contributed by atoms with Crippen molar-refractivity contribution in [1.82, 2.24) is 5.32 Å². The highest BCUT2D eigenvalue weighted by Crippen LogP contribution is 2.30. The second-order valence-electron chi connectivity index (χ2n) is 6.04. The van der Waals surface area contributed by atoms with E-state index in [-0.39, 0.29) is 17.8 Å². The molecule has 1 aliphatic carbocycles. The molecule has 0 saturated heterocycles. The molecule has 2 N–H and O–H groups in total. The summed E-state index contributed by atoms with van der Waals surface area (Å²) in [6.45, 7) is 6.89. The quantitative estimate of drug-likeness (QED) is 0.886. The molecule has 0 heterocycles. The Morgan fingerprint density at radius 1 is 1.33 bits per heavy atom. The van der Waals surface area contributed by atoms with Crippen LogP contribution in [0.5, 0.6) is 0 Å². The van der Waals surface area contributed by atoms with Crippen molar-refractivity contribution in [1.29, 1.82) is 0 Å². The lowest BCUT2D eigenvalue weighted by Crippen LogP contribution is -2.43. The Balaban J connectivity index is 2.15. The van der Waals surface area contributed by atoms with Gasteiger partial charge in [0, 0.05) is 12.6 Å². The highest BCUT2D eigenvalue weighted by Gasteiger charge is 2.29. The molecule has 1 aliphatic rings. The summed E-state index contributed by atoms with van der Waals surface area (Å²) in [6, 6.07) is 4.81. The fourth-order valence-electron chi connectivity index (χ4n) is 3.10. The number of carbonyl (C=O) groups is 1. The van der Waals surface area contributed by atoms with Gasteiger partial charge in [-0.3, -0.25) is 4.79 Å². The number of rotatable bonds is 4. The fraction of sp³-hybridized carbons (Fsp3) is 0.588. The van der Waals surface area contributed by atoms with Crippen molar-refractivity contribution in [2.75, 3.05) is 11.9 Å². The van der Waals surface area contributed by atoms with E-state index in [0.29, 0.717) is 29.6 Å². The van der Waals surface area contributed by atoms with E-state index >= 15 is 0 Å². The average Bonchev–Trinajstić information content (AvgIpc) is 2.46. The number of para-hydroxylation sites is 1. The summed E-state index contributed by atoms with van der Waals surface area (Å²) < 4.78 is 13.9. The number of nitrogens with one attached hydrogen (secondary N) is 2. The molecule has 3 atom stereocenters. The largest absolute Gasteiger partial charge is 0.382 e. The third kappa shape index (κ3) is 3.55. The van der Waals surface area contributed by atoms with E-state index in [1.54, 1.807) is 12.1 Å². The summed E-state index contributed by atoms with van der Waals surface area (Å²) in [4.78, 5) is 12.5. The molecule has 0 spiro atoms. The van der Waals surface area contributed by atoms with E-state index < -0.39 is 0 Å². The molecule has 2 rings (SSSR count). The zero-order chi connectivity index (χ0) is 15.4. The van der Waals surface area contributed by atoms with Gasteiger partial charge >= 0.3 is 0 Å². The van der Waals surface area contributed by atoms with Crippen molar-refractivity contribution in [2.24, 2.45) is 11.8 Å². The Morgan fingerprint density at radius 2 is 2.10 bits per heavy atom. The van der Waals surface area contributed by atoms with Crippen LogP contribution in [-0.4, -0.2) is 18.5 Å². The summed E-state index contributed by atoms with van der Waals surface area (Å²) >= 11 is 0. The lowest BCUT2D eigenvalue weighted by atomic mass is 9.78. The van der Waals surface area contributed by atoms with Crippen LogP contribution in [0.15, 0.2) is 18.2 Å². The van der Waals surface area contributed by atoms with Gasteiger partial charge in [-0.05, 0) is 37.3 Å². The van der Waals surface area contributed by atoms with Crippen molar-refractivity contribution >= 4 is 11.6 Å². The first kappa shape index (κ1) is 15.8. The zero-order valence-electron chi connectivity index (χ0n) is 13.1. The number of hydrogen-bond acceptors (Lipinski definition) is 2. The van der Waals surface area contributed by atoms with Crippen LogP contribution in [-0.2, 0) is 0 Å². The first-order valence-corrected chi connectivity index (χ1v) is 7.87. The Hall–Kier alpha value is -1.58. The van der Waals surface area contributed by atoms with Gasteiger partial charge in [0.15, 0.2) is 0 Å². The molecule has 4 heteroatoms. The standard InChI is InChI=1S/C17H25FN2O/c1-4-19-16-13(8-6-9-14(16)18)17(21)20-15-10-5-7-11(2)12(15)3/h6,8-9,11-12,15,19H,4-5,7,10H2,1-3H3,(H,20,21). The Kier molecular flexibility index (Phi) is 5.21. The summed E-state index contributed by atoms with van der Waals surface area (Å²) in [6.07, 6.45) is 3.36. The molecule has 0 aliphatic heterocycles. The summed E-state index contributed by atoms with van der Waals surface area (Å²) in [5.41, 5.74) is 0.691. The average molecular weight is 292 g/mol. The van der Waals surface area contributed by atoms with Gasteiger partial charge in [-0.2, -0.15) is 0 Å². The third-order valence-electron chi connectivity index (χ3n) is 4.64. The second-order valence-corrected chi connectivity index (χ2v) is 6.04. The zero-order valence-corrected chi connectivity index (χ0v) is 13.1. The van der Waals surface area contributed by atoms with E-state index in [0.717, 1.165) is 12.8 Å². The molecule has 0 bridgehead atoms. The molecule has 21 heavy (non-hydrogen) atoms.